The molecule has 1 aromatic rings. The van der Waals surface area contributed by atoms with Crippen molar-refractivity contribution in [3.63, 3.8) is 0 Å². The normalized spacial score (nSPS) is 35.4. The molecule has 0 saturated carbocycles. The maximum atomic E-state index is 11.3. The van der Waals surface area contributed by atoms with Crippen LogP contribution in [0.4, 0.5) is 0 Å². The summed E-state index contributed by atoms with van der Waals surface area (Å²) in [4.78, 5) is 11.3. The van der Waals surface area contributed by atoms with Gasteiger partial charge in [0.05, 0.1) is 25.4 Å². The van der Waals surface area contributed by atoms with E-state index in [9.17, 15) is 4.79 Å². The molecule has 0 aliphatic carbocycles. The average Bonchev–Trinajstić information content (AvgIpc) is 3.20. The van der Waals surface area contributed by atoms with Gasteiger partial charge in [-0.1, -0.05) is 30.3 Å². The van der Waals surface area contributed by atoms with Crippen LogP contribution in [0.15, 0.2) is 30.3 Å². The topological polar surface area (TPSA) is 81.7 Å². The van der Waals surface area contributed by atoms with E-state index < -0.39 is 23.8 Å². The molecule has 32 heavy (non-hydrogen) atoms. The van der Waals surface area contributed by atoms with Gasteiger partial charge < -0.3 is 33.2 Å². The fraction of sp³-hybridized carbons (Fsp3) is 0.708. The molecule has 0 amide bonds. The molecular formula is C24H34O8. The quantitative estimate of drug-likeness (QED) is 0.587. The molecule has 0 N–H and O–H groups in total. The maximum absolute atomic E-state index is 11.3. The summed E-state index contributed by atoms with van der Waals surface area (Å²) in [6, 6.07) is 9.99. The molecule has 3 saturated heterocycles. The molecule has 3 aliphatic rings. The molecule has 6 atom stereocenters. The van der Waals surface area contributed by atoms with Gasteiger partial charge in [-0.25, -0.2) is 0 Å². The van der Waals surface area contributed by atoms with Crippen LogP contribution in [0.1, 0.15) is 46.6 Å². The minimum Gasteiger partial charge on any atom is -0.463 e. The zero-order valence-electron chi connectivity index (χ0n) is 19.4. The number of benzene rings is 1. The Balaban J connectivity index is 1.48. The Morgan fingerprint density at radius 1 is 0.938 bits per heavy atom. The van der Waals surface area contributed by atoms with Crippen LogP contribution in [0.25, 0.3) is 0 Å². The number of ether oxygens (including phenoxy) is 7. The first-order valence-corrected chi connectivity index (χ1v) is 11.2. The van der Waals surface area contributed by atoms with E-state index in [1.165, 1.54) is 6.92 Å². The van der Waals surface area contributed by atoms with Crippen molar-refractivity contribution in [2.45, 2.75) is 95.8 Å². The van der Waals surface area contributed by atoms with Gasteiger partial charge in [0, 0.05) is 13.3 Å². The zero-order chi connectivity index (χ0) is 22.9. The molecule has 3 aliphatic heterocycles. The minimum absolute atomic E-state index is 0.158. The highest BCUT2D eigenvalue weighted by atomic mass is 16.8. The van der Waals surface area contributed by atoms with Crippen LogP contribution in [0.5, 0.6) is 0 Å². The standard InChI is InChI=1S/C24H34O8/c1-15(25)27-13-17-11-18-20(31-23(2,3)29-18)22(28-17)21-19(30-24(4,5)32-21)14-26-12-16-9-7-6-8-10-16/h6-10,17-22H,11-14H2,1-5H3/t17-,18-,19-,20-,21+,22-/m1/s1. The lowest BCUT2D eigenvalue weighted by Crippen LogP contribution is -2.56. The van der Waals surface area contributed by atoms with Crippen molar-refractivity contribution in [3.8, 4) is 0 Å². The Hall–Kier alpha value is -1.55. The lowest BCUT2D eigenvalue weighted by molar-refractivity contribution is -0.210. The Morgan fingerprint density at radius 2 is 1.62 bits per heavy atom. The van der Waals surface area contributed by atoms with Crippen LogP contribution in [-0.2, 0) is 44.6 Å². The highest BCUT2D eigenvalue weighted by Crippen LogP contribution is 2.42. The van der Waals surface area contributed by atoms with E-state index in [0.717, 1.165) is 5.56 Å². The van der Waals surface area contributed by atoms with Crippen LogP contribution in [0.2, 0.25) is 0 Å². The monoisotopic (exact) mass is 450 g/mol. The smallest absolute Gasteiger partial charge is 0.302 e. The Morgan fingerprint density at radius 3 is 2.34 bits per heavy atom. The fourth-order valence-corrected chi connectivity index (χ4v) is 4.66. The van der Waals surface area contributed by atoms with E-state index in [-0.39, 0.29) is 37.0 Å². The number of carbonyl (C=O) groups is 1. The van der Waals surface area contributed by atoms with Crippen molar-refractivity contribution in [1.29, 1.82) is 0 Å². The lowest BCUT2D eigenvalue weighted by Gasteiger charge is -2.39. The van der Waals surface area contributed by atoms with E-state index in [4.69, 9.17) is 33.2 Å². The van der Waals surface area contributed by atoms with Crippen molar-refractivity contribution >= 4 is 5.97 Å². The van der Waals surface area contributed by atoms with Crippen LogP contribution in [0.3, 0.4) is 0 Å². The molecule has 3 fully saturated rings. The second-order valence-corrected chi connectivity index (χ2v) is 9.54. The fourth-order valence-electron chi connectivity index (χ4n) is 4.66. The van der Waals surface area contributed by atoms with Gasteiger partial charge in [0.15, 0.2) is 11.6 Å². The predicted molar refractivity (Wildman–Crippen MR) is 114 cm³/mol. The average molecular weight is 451 g/mol. The molecule has 3 heterocycles. The third-order valence-corrected chi connectivity index (χ3v) is 5.80. The van der Waals surface area contributed by atoms with Gasteiger partial charge in [-0.2, -0.15) is 0 Å². The van der Waals surface area contributed by atoms with Crippen molar-refractivity contribution in [2.24, 2.45) is 0 Å². The zero-order valence-corrected chi connectivity index (χ0v) is 19.4. The van der Waals surface area contributed by atoms with Crippen molar-refractivity contribution in [1.82, 2.24) is 0 Å². The SMILES string of the molecule is CC(=O)OC[C@H]1C[C@H]2OC(C)(C)O[C@H]2[C@H]([C@H]2OC(C)(C)O[C@@H]2COCc2ccccc2)O1. The maximum Gasteiger partial charge on any atom is 0.302 e. The van der Waals surface area contributed by atoms with Crippen LogP contribution in [0, 0.1) is 0 Å². The van der Waals surface area contributed by atoms with Crippen LogP contribution < -0.4 is 0 Å². The number of rotatable bonds is 7. The molecule has 0 unspecified atom stereocenters. The number of hydrogen-bond acceptors (Lipinski definition) is 8. The molecule has 4 rings (SSSR count). The largest absolute Gasteiger partial charge is 0.463 e. The van der Waals surface area contributed by atoms with E-state index in [2.05, 4.69) is 0 Å². The Bertz CT molecular complexity index is 779. The van der Waals surface area contributed by atoms with E-state index >= 15 is 0 Å². The van der Waals surface area contributed by atoms with Gasteiger partial charge >= 0.3 is 5.97 Å². The highest BCUT2D eigenvalue weighted by Gasteiger charge is 2.57. The van der Waals surface area contributed by atoms with Gasteiger partial charge in [-0.3, -0.25) is 4.79 Å². The summed E-state index contributed by atoms with van der Waals surface area (Å²) in [5.74, 6) is -1.87. The summed E-state index contributed by atoms with van der Waals surface area (Å²) >= 11 is 0. The molecule has 0 radical (unpaired) electrons. The lowest BCUT2D eigenvalue weighted by atomic mass is 9.92. The highest BCUT2D eigenvalue weighted by molar-refractivity contribution is 5.65. The summed E-state index contributed by atoms with van der Waals surface area (Å²) in [5.41, 5.74) is 1.09. The third-order valence-electron chi connectivity index (χ3n) is 5.80. The number of hydrogen-bond donors (Lipinski definition) is 0. The van der Waals surface area contributed by atoms with Crippen LogP contribution >= 0.6 is 0 Å². The predicted octanol–water partition coefficient (Wildman–Crippen LogP) is 2.96. The Kier molecular flexibility index (Phi) is 6.91. The molecule has 1 aromatic carbocycles. The molecule has 0 bridgehead atoms. The molecule has 8 nitrogen and oxygen atoms in total. The van der Waals surface area contributed by atoms with Gasteiger partial charge in [0.1, 0.15) is 31.0 Å². The number of carbonyl (C=O) groups excluding carboxylic acids is 1. The third kappa shape index (κ3) is 5.68. The summed E-state index contributed by atoms with van der Waals surface area (Å²) in [6.45, 7) is 9.91. The van der Waals surface area contributed by atoms with Gasteiger partial charge in [0.25, 0.3) is 0 Å². The summed E-state index contributed by atoms with van der Waals surface area (Å²) in [5, 5.41) is 0. The summed E-state index contributed by atoms with van der Waals surface area (Å²) in [6.07, 6.45) is -1.49. The van der Waals surface area contributed by atoms with Gasteiger partial charge in [0.2, 0.25) is 0 Å². The molecule has 178 valence electrons. The minimum atomic E-state index is -0.790. The van der Waals surface area contributed by atoms with Gasteiger partial charge in [-0.15, -0.1) is 0 Å². The first-order valence-electron chi connectivity index (χ1n) is 11.2. The van der Waals surface area contributed by atoms with Crippen molar-refractivity contribution < 1.29 is 38.0 Å². The van der Waals surface area contributed by atoms with Gasteiger partial charge in [-0.05, 0) is 33.3 Å². The number of fused-ring (bicyclic) bond motifs is 1. The summed E-state index contributed by atoms with van der Waals surface area (Å²) < 4.78 is 42.4. The summed E-state index contributed by atoms with van der Waals surface area (Å²) in [7, 11) is 0. The second kappa shape index (κ2) is 9.37. The van der Waals surface area contributed by atoms with E-state index in [1.807, 2.05) is 58.0 Å². The van der Waals surface area contributed by atoms with Crippen LogP contribution in [-0.4, -0.2) is 67.4 Å². The molecule has 0 aromatic heterocycles. The first-order chi connectivity index (χ1) is 15.1. The molecular weight excluding hydrogens is 416 g/mol. The molecule has 8 heteroatoms. The second-order valence-electron chi connectivity index (χ2n) is 9.54. The van der Waals surface area contributed by atoms with E-state index in [0.29, 0.717) is 19.6 Å². The number of esters is 1. The first kappa shape index (κ1) is 23.6. The van der Waals surface area contributed by atoms with E-state index in [1.54, 1.807) is 0 Å². The van der Waals surface area contributed by atoms with Crippen molar-refractivity contribution in [2.75, 3.05) is 13.2 Å². The van der Waals surface area contributed by atoms with Crippen molar-refractivity contribution in [3.05, 3.63) is 35.9 Å². The molecule has 0 spiro atoms. The Labute approximate surface area is 189 Å².